The first-order valence-electron chi connectivity index (χ1n) is 12.9. The smallest absolute Gasteiger partial charge is 0.145 e. The van der Waals surface area contributed by atoms with Gasteiger partial charge in [0.25, 0.3) is 0 Å². The first-order valence-corrected chi connectivity index (χ1v) is 12.9. The van der Waals surface area contributed by atoms with E-state index in [0.717, 1.165) is 60.9 Å². The van der Waals surface area contributed by atoms with Crippen molar-refractivity contribution >= 4 is 11.5 Å². The molecule has 1 aliphatic rings. The number of imidazole rings is 1. The van der Waals surface area contributed by atoms with Gasteiger partial charge in [0, 0.05) is 55.5 Å². The van der Waals surface area contributed by atoms with Gasteiger partial charge in [0.05, 0.1) is 23.7 Å². The van der Waals surface area contributed by atoms with Crippen molar-refractivity contribution in [1.29, 1.82) is 5.26 Å². The molecule has 0 amide bonds. The third kappa shape index (κ3) is 5.71. The summed E-state index contributed by atoms with van der Waals surface area (Å²) < 4.78 is 13.8. The average molecular weight is 513 g/mol. The van der Waals surface area contributed by atoms with E-state index in [2.05, 4.69) is 27.9 Å². The number of piperidine rings is 1. The summed E-state index contributed by atoms with van der Waals surface area (Å²) in [5.74, 6) is 2.29. The molecule has 0 aromatic carbocycles. The second kappa shape index (κ2) is 10.7. The molecule has 0 spiro atoms. The average Bonchev–Trinajstić information content (AvgIpc) is 3.35. The fourth-order valence-corrected chi connectivity index (χ4v) is 4.53. The molecular weight excluding hydrogens is 480 g/mol. The number of aromatic nitrogens is 4. The lowest BCUT2D eigenvalue weighted by atomic mass is 10.1. The topological polar surface area (TPSA) is 109 Å². The number of hydrogen-bond donors (Lipinski definition) is 1. The van der Waals surface area contributed by atoms with Crippen molar-refractivity contribution in [2.75, 3.05) is 24.6 Å². The Balaban J connectivity index is 1.30. The molecule has 0 radical (unpaired) electrons. The number of nitriles is 1. The minimum absolute atomic E-state index is 0.131. The lowest BCUT2D eigenvalue weighted by Crippen LogP contribution is -2.38. The van der Waals surface area contributed by atoms with Gasteiger partial charge in [0.15, 0.2) is 0 Å². The molecule has 1 aliphatic heterocycles. The summed E-state index contributed by atoms with van der Waals surface area (Å²) in [6.45, 7) is 7.30. The number of aryl methyl sites for hydroxylation is 1. The summed E-state index contributed by atoms with van der Waals surface area (Å²) in [5, 5.41) is 19.7. The molecule has 5 heterocycles. The van der Waals surface area contributed by atoms with Gasteiger partial charge in [-0.05, 0) is 44.5 Å². The van der Waals surface area contributed by atoms with Gasteiger partial charge in [-0.1, -0.05) is 6.92 Å². The van der Waals surface area contributed by atoms with Gasteiger partial charge in [0.1, 0.15) is 47.4 Å². The van der Waals surface area contributed by atoms with Crippen LogP contribution in [0, 0.1) is 11.3 Å². The number of hydrogen-bond acceptors (Lipinski definition) is 8. The van der Waals surface area contributed by atoms with E-state index in [0.29, 0.717) is 17.1 Å². The van der Waals surface area contributed by atoms with Crippen LogP contribution in [0.1, 0.15) is 45.0 Å². The number of fused-ring (bicyclic) bond motifs is 1. The Morgan fingerprint density at radius 3 is 2.47 bits per heavy atom. The first-order chi connectivity index (χ1) is 18.3. The summed E-state index contributed by atoms with van der Waals surface area (Å²) in [6.07, 6.45) is 8.05. The maximum Gasteiger partial charge on any atom is 0.145 e. The number of ether oxygens (including phenoxy) is 2. The molecule has 4 aromatic heterocycles. The fraction of sp³-hybridized carbons (Fsp3) is 0.379. The number of anilines is 1. The summed E-state index contributed by atoms with van der Waals surface area (Å²) in [4.78, 5) is 15.8. The van der Waals surface area contributed by atoms with Gasteiger partial charge in [-0.2, -0.15) is 5.26 Å². The lowest BCUT2D eigenvalue weighted by Gasteiger charge is -2.33. The second-order valence-electron chi connectivity index (χ2n) is 10.2. The van der Waals surface area contributed by atoms with Crippen LogP contribution < -0.4 is 14.4 Å². The Labute approximate surface area is 222 Å². The Kier molecular flexibility index (Phi) is 7.16. The zero-order valence-corrected chi connectivity index (χ0v) is 22.0. The van der Waals surface area contributed by atoms with Crippen molar-refractivity contribution in [3.8, 4) is 28.8 Å². The number of nitrogens with zero attached hydrogens (tertiary/aromatic N) is 6. The van der Waals surface area contributed by atoms with Crippen molar-refractivity contribution in [2.24, 2.45) is 0 Å². The highest BCUT2D eigenvalue weighted by molar-refractivity contribution is 5.68. The Morgan fingerprint density at radius 2 is 1.84 bits per heavy atom. The van der Waals surface area contributed by atoms with Crippen molar-refractivity contribution < 1.29 is 14.6 Å². The summed E-state index contributed by atoms with van der Waals surface area (Å²) >= 11 is 0. The molecule has 4 aromatic rings. The van der Waals surface area contributed by atoms with E-state index < -0.39 is 5.60 Å². The zero-order chi connectivity index (χ0) is 26.7. The van der Waals surface area contributed by atoms with E-state index in [9.17, 15) is 10.4 Å². The molecule has 0 saturated carbocycles. The molecule has 38 heavy (non-hydrogen) atoms. The molecule has 196 valence electrons. The fourth-order valence-electron chi connectivity index (χ4n) is 4.53. The van der Waals surface area contributed by atoms with Gasteiger partial charge < -0.3 is 19.5 Å². The maximum atomic E-state index is 10.1. The number of pyridine rings is 3. The minimum atomic E-state index is -0.974. The highest BCUT2D eigenvalue weighted by atomic mass is 16.5. The third-order valence-corrected chi connectivity index (χ3v) is 6.56. The Bertz CT molecular complexity index is 1430. The SMILES string of the molecule is CCc1ccc(OC2CCN(c3ccc(-c4cc(OCC(C)(C)O)cc5ncc(C#N)n45)cn3)CC2)cn1. The Hall–Kier alpha value is -4.16. The van der Waals surface area contributed by atoms with E-state index in [1.807, 2.05) is 42.7 Å². The number of rotatable bonds is 8. The largest absolute Gasteiger partial charge is 0.490 e. The molecule has 0 bridgehead atoms. The standard InChI is InChI=1S/C29H32N6O3/c1-4-21-6-7-24(18-31-21)38-23-9-11-34(12-10-23)27-8-5-20(16-32-27)26-13-25(37-19-29(2,3)36)14-28-33-17-22(15-30)35(26)28/h5-8,13-14,16-18,23,36H,4,9-12,19H2,1-3H3. The first kappa shape index (κ1) is 25.5. The van der Waals surface area contributed by atoms with Crippen LogP contribution in [-0.4, -0.2) is 55.9 Å². The highest BCUT2D eigenvalue weighted by Gasteiger charge is 2.22. The molecule has 1 fully saturated rings. The van der Waals surface area contributed by atoms with Crippen molar-refractivity contribution in [2.45, 2.75) is 51.7 Å². The van der Waals surface area contributed by atoms with Crippen LogP contribution in [0.2, 0.25) is 0 Å². The van der Waals surface area contributed by atoms with Crippen LogP contribution in [0.5, 0.6) is 11.5 Å². The second-order valence-corrected chi connectivity index (χ2v) is 10.2. The van der Waals surface area contributed by atoms with E-state index in [4.69, 9.17) is 14.5 Å². The van der Waals surface area contributed by atoms with Gasteiger partial charge in [-0.3, -0.25) is 9.38 Å². The van der Waals surface area contributed by atoms with Gasteiger partial charge in [-0.15, -0.1) is 0 Å². The van der Waals surface area contributed by atoms with Gasteiger partial charge in [-0.25, -0.2) is 9.97 Å². The van der Waals surface area contributed by atoms with Gasteiger partial charge >= 0.3 is 0 Å². The molecule has 1 N–H and O–H groups in total. The minimum Gasteiger partial charge on any atom is -0.490 e. The molecule has 9 heteroatoms. The quantitative estimate of drug-likeness (QED) is 0.370. The molecular formula is C29H32N6O3. The van der Waals surface area contributed by atoms with Crippen LogP contribution >= 0.6 is 0 Å². The van der Waals surface area contributed by atoms with Crippen molar-refractivity contribution in [1.82, 2.24) is 19.4 Å². The van der Waals surface area contributed by atoms with Crippen molar-refractivity contribution in [3.05, 3.63) is 66.4 Å². The molecule has 9 nitrogen and oxygen atoms in total. The van der Waals surface area contributed by atoms with Crippen LogP contribution in [-0.2, 0) is 6.42 Å². The van der Waals surface area contributed by atoms with E-state index >= 15 is 0 Å². The predicted molar refractivity (Wildman–Crippen MR) is 144 cm³/mol. The van der Waals surface area contributed by atoms with E-state index in [-0.39, 0.29) is 12.7 Å². The van der Waals surface area contributed by atoms with Crippen molar-refractivity contribution in [3.63, 3.8) is 0 Å². The number of aliphatic hydroxyl groups is 1. The molecule has 0 unspecified atom stereocenters. The normalized spacial score (nSPS) is 14.4. The zero-order valence-electron chi connectivity index (χ0n) is 22.0. The predicted octanol–water partition coefficient (Wildman–Crippen LogP) is 4.42. The maximum absolute atomic E-state index is 10.1. The molecule has 5 rings (SSSR count). The Morgan fingerprint density at radius 1 is 1.03 bits per heavy atom. The monoisotopic (exact) mass is 512 g/mol. The van der Waals surface area contributed by atoms with E-state index in [1.54, 1.807) is 30.5 Å². The highest BCUT2D eigenvalue weighted by Crippen LogP contribution is 2.29. The summed E-state index contributed by atoms with van der Waals surface area (Å²) in [7, 11) is 0. The summed E-state index contributed by atoms with van der Waals surface area (Å²) in [5.41, 5.74) is 2.69. The molecule has 1 saturated heterocycles. The third-order valence-electron chi connectivity index (χ3n) is 6.56. The van der Waals surface area contributed by atoms with Crippen LogP contribution in [0.15, 0.2) is 55.0 Å². The molecule has 0 atom stereocenters. The lowest BCUT2D eigenvalue weighted by molar-refractivity contribution is 0.0285. The summed E-state index contributed by atoms with van der Waals surface area (Å²) in [6, 6.07) is 13.8. The molecule has 0 aliphatic carbocycles. The van der Waals surface area contributed by atoms with Crippen LogP contribution in [0.3, 0.4) is 0 Å². The van der Waals surface area contributed by atoms with Gasteiger partial charge in [0.2, 0.25) is 0 Å². The van der Waals surface area contributed by atoms with Crippen LogP contribution in [0.25, 0.3) is 16.9 Å². The van der Waals surface area contributed by atoms with E-state index in [1.165, 1.54) is 0 Å². The van der Waals surface area contributed by atoms with Crippen LogP contribution in [0.4, 0.5) is 5.82 Å².